The summed E-state index contributed by atoms with van der Waals surface area (Å²) in [6, 6.07) is 9.58. The Morgan fingerprint density at radius 3 is 2.85 bits per heavy atom. The van der Waals surface area contributed by atoms with Gasteiger partial charge in [0.15, 0.2) is 0 Å². The van der Waals surface area contributed by atoms with Crippen LogP contribution < -0.4 is 0 Å². The molecule has 1 aromatic carbocycles. The van der Waals surface area contributed by atoms with Crippen molar-refractivity contribution in [1.82, 2.24) is 20.1 Å². The smallest absolute Gasteiger partial charge is 0.272 e. The second-order valence-electron chi connectivity index (χ2n) is 4.58. The Morgan fingerprint density at radius 1 is 1.35 bits per heavy atom. The number of hydrogen-bond donors (Lipinski definition) is 1. The number of aromatic nitrogens is 3. The number of H-pyrrole nitrogens is 1. The van der Waals surface area contributed by atoms with Gasteiger partial charge in [-0.05, 0) is 25.1 Å². The first-order valence-corrected chi connectivity index (χ1v) is 7.10. The minimum Gasteiger partial charge on any atom is -0.331 e. The van der Waals surface area contributed by atoms with E-state index in [4.69, 9.17) is 0 Å². The third-order valence-corrected chi connectivity index (χ3v) is 4.51. The molecule has 3 aromatic rings. The zero-order valence-corrected chi connectivity index (χ0v) is 12.0. The minimum absolute atomic E-state index is 0.0804. The summed E-state index contributed by atoms with van der Waals surface area (Å²) in [7, 11) is 1.78. The predicted molar refractivity (Wildman–Crippen MR) is 78.7 cm³/mol. The van der Waals surface area contributed by atoms with Crippen LogP contribution in [0, 0.1) is 0 Å². The van der Waals surface area contributed by atoms with Gasteiger partial charge in [0.2, 0.25) is 0 Å². The maximum absolute atomic E-state index is 12.3. The van der Waals surface area contributed by atoms with Crippen molar-refractivity contribution in [2.45, 2.75) is 13.0 Å². The molecule has 102 valence electrons. The van der Waals surface area contributed by atoms with Crippen LogP contribution in [0.15, 0.2) is 36.5 Å². The lowest BCUT2D eigenvalue weighted by atomic mass is 10.2. The van der Waals surface area contributed by atoms with Crippen LogP contribution in [0.1, 0.15) is 28.5 Å². The zero-order chi connectivity index (χ0) is 14.1. The van der Waals surface area contributed by atoms with Gasteiger partial charge in [-0.1, -0.05) is 12.1 Å². The molecule has 1 N–H and O–H groups in total. The van der Waals surface area contributed by atoms with Crippen LogP contribution in [0.4, 0.5) is 0 Å². The highest BCUT2D eigenvalue weighted by atomic mass is 32.1. The van der Waals surface area contributed by atoms with Gasteiger partial charge in [-0.25, -0.2) is 4.98 Å². The van der Waals surface area contributed by atoms with E-state index in [1.807, 2.05) is 31.2 Å². The van der Waals surface area contributed by atoms with Gasteiger partial charge in [0.1, 0.15) is 10.7 Å². The van der Waals surface area contributed by atoms with E-state index in [2.05, 4.69) is 15.2 Å². The summed E-state index contributed by atoms with van der Waals surface area (Å²) in [6.45, 7) is 1.98. The van der Waals surface area contributed by atoms with E-state index in [-0.39, 0.29) is 11.9 Å². The largest absolute Gasteiger partial charge is 0.331 e. The van der Waals surface area contributed by atoms with Crippen LogP contribution in [-0.4, -0.2) is 33.0 Å². The summed E-state index contributed by atoms with van der Waals surface area (Å²) >= 11 is 1.62. The maximum atomic E-state index is 12.3. The Bertz CT molecular complexity index is 702. The number of nitrogens with zero attached hydrogens (tertiary/aromatic N) is 3. The van der Waals surface area contributed by atoms with E-state index in [9.17, 15) is 4.79 Å². The van der Waals surface area contributed by atoms with Crippen LogP contribution in [0.5, 0.6) is 0 Å². The normalized spacial score (nSPS) is 12.5. The highest BCUT2D eigenvalue weighted by Gasteiger charge is 2.22. The fourth-order valence-electron chi connectivity index (χ4n) is 1.98. The van der Waals surface area contributed by atoms with Crippen molar-refractivity contribution in [2.75, 3.05) is 7.05 Å². The number of carbonyl (C=O) groups is 1. The van der Waals surface area contributed by atoms with Crippen molar-refractivity contribution in [3.63, 3.8) is 0 Å². The Hall–Kier alpha value is -2.21. The van der Waals surface area contributed by atoms with E-state index < -0.39 is 0 Å². The quantitative estimate of drug-likeness (QED) is 0.805. The third kappa shape index (κ3) is 2.18. The van der Waals surface area contributed by atoms with E-state index in [1.54, 1.807) is 35.5 Å². The highest BCUT2D eigenvalue weighted by molar-refractivity contribution is 7.18. The topological polar surface area (TPSA) is 61.9 Å². The monoisotopic (exact) mass is 286 g/mol. The van der Waals surface area contributed by atoms with Gasteiger partial charge >= 0.3 is 0 Å². The summed E-state index contributed by atoms with van der Waals surface area (Å²) in [5, 5.41) is 7.43. The average Bonchev–Trinajstić information content (AvgIpc) is 3.13. The van der Waals surface area contributed by atoms with E-state index in [1.165, 1.54) is 0 Å². The van der Waals surface area contributed by atoms with Crippen LogP contribution in [0.25, 0.3) is 10.2 Å². The first-order valence-electron chi connectivity index (χ1n) is 6.29. The molecule has 0 unspecified atom stereocenters. The summed E-state index contributed by atoms with van der Waals surface area (Å²) < 4.78 is 1.14. The molecular formula is C14H14N4OS. The number of aromatic amines is 1. The molecule has 0 aliphatic heterocycles. The second kappa shape index (κ2) is 5.05. The first kappa shape index (κ1) is 12.8. The van der Waals surface area contributed by atoms with Crippen molar-refractivity contribution < 1.29 is 4.79 Å². The minimum atomic E-state index is -0.0887. The maximum Gasteiger partial charge on any atom is 0.272 e. The summed E-state index contributed by atoms with van der Waals surface area (Å²) in [6.07, 6.45) is 1.57. The molecule has 0 fully saturated rings. The van der Waals surface area contributed by atoms with Crippen LogP contribution in [0.3, 0.4) is 0 Å². The molecule has 1 atom stereocenters. The number of rotatable bonds is 3. The Morgan fingerprint density at radius 2 is 2.15 bits per heavy atom. The molecule has 0 bridgehead atoms. The number of thiazole rings is 1. The molecule has 1 amide bonds. The number of carbonyl (C=O) groups excluding carboxylic acids is 1. The number of nitrogens with one attached hydrogen (secondary N) is 1. The Kier molecular flexibility index (Phi) is 3.23. The average molecular weight is 286 g/mol. The molecule has 0 aliphatic carbocycles. The Labute approximate surface area is 120 Å². The van der Waals surface area contributed by atoms with Crippen LogP contribution in [-0.2, 0) is 0 Å². The summed E-state index contributed by atoms with van der Waals surface area (Å²) in [4.78, 5) is 18.5. The van der Waals surface area contributed by atoms with Crippen molar-refractivity contribution in [2.24, 2.45) is 0 Å². The molecule has 0 spiro atoms. The molecule has 20 heavy (non-hydrogen) atoms. The number of hydrogen-bond acceptors (Lipinski definition) is 4. The van der Waals surface area contributed by atoms with E-state index >= 15 is 0 Å². The van der Waals surface area contributed by atoms with Crippen molar-refractivity contribution >= 4 is 27.5 Å². The molecule has 2 aromatic heterocycles. The number of para-hydroxylation sites is 1. The number of benzene rings is 1. The molecule has 0 saturated heterocycles. The SMILES string of the molecule is C[C@H](c1nc2ccccc2s1)N(C)C(=O)c1ccn[nH]1. The number of fused-ring (bicyclic) bond motifs is 1. The van der Waals surface area contributed by atoms with E-state index in [0.717, 1.165) is 15.2 Å². The molecule has 5 nitrogen and oxygen atoms in total. The summed E-state index contributed by atoms with van der Waals surface area (Å²) in [5.41, 5.74) is 1.46. The third-order valence-electron chi connectivity index (χ3n) is 3.30. The Balaban J connectivity index is 1.87. The fraction of sp³-hybridized carbons (Fsp3) is 0.214. The standard InChI is InChI=1S/C14H14N4OS/c1-9(18(2)14(19)11-7-8-15-17-11)13-16-10-5-3-4-6-12(10)20-13/h3-9H,1-2H3,(H,15,17)/t9-/m1/s1. The second-order valence-corrected chi connectivity index (χ2v) is 5.64. The molecule has 0 saturated carbocycles. The van der Waals surface area contributed by atoms with Gasteiger partial charge in [0, 0.05) is 13.2 Å². The summed E-state index contributed by atoms with van der Waals surface area (Å²) in [5.74, 6) is -0.0887. The zero-order valence-electron chi connectivity index (χ0n) is 11.2. The number of amides is 1. The molecule has 2 heterocycles. The molecule has 0 radical (unpaired) electrons. The van der Waals surface area contributed by atoms with Gasteiger partial charge < -0.3 is 4.90 Å². The predicted octanol–water partition coefficient (Wildman–Crippen LogP) is 2.85. The van der Waals surface area contributed by atoms with Gasteiger partial charge in [-0.2, -0.15) is 5.10 Å². The van der Waals surface area contributed by atoms with Gasteiger partial charge in [-0.15, -0.1) is 11.3 Å². The lowest BCUT2D eigenvalue weighted by Crippen LogP contribution is -2.29. The molecule has 6 heteroatoms. The first-order chi connectivity index (χ1) is 9.66. The van der Waals surface area contributed by atoms with Crippen molar-refractivity contribution in [1.29, 1.82) is 0 Å². The molecular weight excluding hydrogens is 272 g/mol. The van der Waals surface area contributed by atoms with Gasteiger partial charge in [0.05, 0.1) is 16.3 Å². The lowest BCUT2D eigenvalue weighted by molar-refractivity contribution is 0.0736. The van der Waals surface area contributed by atoms with Crippen molar-refractivity contribution in [3.05, 3.63) is 47.2 Å². The lowest BCUT2D eigenvalue weighted by Gasteiger charge is -2.22. The van der Waals surface area contributed by atoms with Gasteiger partial charge in [-0.3, -0.25) is 9.89 Å². The molecule has 0 aliphatic rings. The highest BCUT2D eigenvalue weighted by Crippen LogP contribution is 2.29. The van der Waals surface area contributed by atoms with Crippen molar-refractivity contribution in [3.8, 4) is 0 Å². The molecule has 3 rings (SSSR count). The van der Waals surface area contributed by atoms with Gasteiger partial charge in [0.25, 0.3) is 5.91 Å². The fourth-order valence-corrected chi connectivity index (χ4v) is 3.04. The van der Waals surface area contributed by atoms with Crippen LogP contribution in [0.2, 0.25) is 0 Å². The van der Waals surface area contributed by atoms with Crippen LogP contribution >= 0.6 is 11.3 Å². The van der Waals surface area contributed by atoms with E-state index in [0.29, 0.717) is 5.69 Å².